The van der Waals surface area contributed by atoms with Gasteiger partial charge in [0, 0.05) is 6.20 Å². The van der Waals surface area contributed by atoms with Crippen LogP contribution >= 0.6 is 0 Å². The van der Waals surface area contributed by atoms with Crippen LogP contribution in [-0.4, -0.2) is 29.7 Å². The van der Waals surface area contributed by atoms with E-state index in [1.54, 1.807) is 17.2 Å². The Morgan fingerprint density at radius 1 is 1.41 bits per heavy atom. The van der Waals surface area contributed by atoms with Crippen molar-refractivity contribution >= 4 is 11.2 Å². The van der Waals surface area contributed by atoms with E-state index in [1.165, 1.54) is 6.33 Å². The SMILES string of the molecule is Cc1ccnc2nc(C(C)n3cncn3)[nH]c12. The predicted molar refractivity (Wildman–Crippen MR) is 62.5 cm³/mol. The first-order valence-corrected chi connectivity index (χ1v) is 5.41. The number of rotatable bonds is 2. The predicted octanol–water partition coefficient (Wildman–Crippen LogP) is 1.47. The molecule has 1 atom stereocenters. The van der Waals surface area contributed by atoms with E-state index in [-0.39, 0.29) is 6.04 Å². The summed E-state index contributed by atoms with van der Waals surface area (Å²) >= 11 is 0. The number of aromatic amines is 1. The molecule has 3 heterocycles. The highest BCUT2D eigenvalue weighted by Crippen LogP contribution is 2.18. The second kappa shape index (κ2) is 3.65. The smallest absolute Gasteiger partial charge is 0.178 e. The number of nitrogens with one attached hydrogen (secondary N) is 1. The second-order valence-corrected chi connectivity index (χ2v) is 4.00. The van der Waals surface area contributed by atoms with Gasteiger partial charge in [0.1, 0.15) is 24.5 Å². The van der Waals surface area contributed by atoms with Gasteiger partial charge >= 0.3 is 0 Å². The van der Waals surface area contributed by atoms with E-state index >= 15 is 0 Å². The monoisotopic (exact) mass is 228 g/mol. The van der Waals surface area contributed by atoms with Gasteiger partial charge in [0.15, 0.2) is 5.65 Å². The number of aromatic nitrogens is 6. The molecule has 0 radical (unpaired) electrons. The molecule has 3 aromatic rings. The summed E-state index contributed by atoms with van der Waals surface area (Å²) in [7, 11) is 0. The molecule has 6 nitrogen and oxygen atoms in total. The molecule has 0 fully saturated rings. The fourth-order valence-electron chi connectivity index (χ4n) is 1.79. The number of pyridine rings is 1. The van der Waals surface area contributed by atoms with Crippen molar-refractivity contribution in [2.24, 2.45) is 0 Å². The third-order valence-corrected chi connectivity index (χ3v) is 2.85. The zero-order chi connectivity index (χ0) is 11.8. The van der Waals surface area contributed by atoms with Crippen LogP contribution in [0.5, 0.6) is 0 Å². The topological polar surface area (TPSA) is 72.3 Å². The molecule has 3 rings (SSSR count). The third-order valence-electron chi connectivity index (χ3n) is 2.85. The molecular formula is C11H12N6. The molecule has 0 aliphatic heterocycles. The van der Waals surface area contributed by atoms with Crippen LogP contribution in [0.15, 0.2) is 24.9 Å². The van der Waals surface area contributed by atoms with E-state index in [1.807, 2.05) is 19.9 Å². The van der Waals surface area contributed by atoms with Crippen LogP contribution < -0.4 is 0 Å². The minimum absolute atomic E-state index is 0.0195. The third kappa shape index (κ3) is 1.57. The van der Waals surface area contributed by atoms with E-state index < -0.39 is 0 Å². The lowest BCUT2D eigenvalue weighted by atomic mass is 10.3. The maximum Gasteiger partial charge on any atom is 0.178 e. The maximum absolute atomic E-state index is 4.47. The maximum atomic E-state index is 4.47. The van der Waals surface area contributed by atoms with Crippen LogP contribution in [-0.2, 0) is 0 Å². The molecular weight excluding hydrogens is 216 g/mol. The quantitative estimate of drug-likeness (QED) is 0.720. The number of hydrogen-bond donors (Lipinski definition) is 1. The standard InChI is InChI=1S/C11H12N6/c1-7-3-4-13-11-9(7)15-10(16-11)8(2)17-6-12-5-14-17/h3-6,8H,1-2H3,(H,13,15,16). The summed E-state index contributed by atoms with van der Waals surface area (Å²) in [6.07, 6.45) is 4.96. The molecule has 0 aliphatic rings. The number of hydrogen-bond acceptors (Lipinski definition) is 4. The molecule has 0 bridgehead atoms. The van der Waals surface area contributed by atoms with Gasteiger partial charge in [-0.25, -0.2) is 19.6 Å². The van der Waals surface area contributed by atoms with Gasteiger partial charge in [-0.1, -0.05) is 0 Å². The van der Waals surface area contributed by atoms with Crippen molar-refractivity contribution in [3.05, 3.63) is 36.3 Å². The summed E-state index contributed by atoms with van der Waals surface area (Å²) in [5.74, 6) is 0.840. The van der Waals surface area contributed by atoms with Crippen LogP contribution in [0.25, 0.3) is 11.2 Å². The molecule has 1 unspecified atom stereocenters. The van der Waals surface area contributed by atoms with E-state index in [0.29, 0.717) is 0 Å². The minimum atomic E-state index is 0.0195. The molecule has 3 aromatic heterocycles. The summed E-state index contributed by atoms with van der Waals surface area (Å²) in [5, 5.41) is 4.11. The first-order chi connectivity index (χ1) is 8.25. The van der Waals surface area contributed by atoms with Crippen molar-refractivity contribution in [3.63, 3.8) is 0 Å². The zero-order valence-corrected chi connectivity index (χ0v) is 9.62. The van der Waals surface area contributed by atoms with Crippen molar-refractivity contribution in [1.29, 1.82) is 0 Å². The highest BCUT2D eigenvalue weighted by atomic mass is 15.3. The molecule has 86 valence electrons. The summed E-state index contributed by atoms with van der Waals surface area (Å²) in [6, 6.07) is 1.98. The Hall–Kier alpha value is -2.24. The fourth-order valence-corrected chi connectivity index (χ4v) is 1.79. The number of aryl methyl sites for hydroxylation is 1. The Kier molecular flexibility index (Phi) is 2.14. The number of H-pyrrole nitrogens is 1. The van der Waals surface area contributed by atoms with Crippen molar-refractivity contribution in [3.8, 4) is 0 Å². The summed E-state index contributed by atoms with van der Waals surface area (Å²) in [6.45, 7) is 4.05. The average Bonchev–Trinajstić information content (AvgIpc) is 2.98. The van der Waals surface area contributed by atoms with Crippen LogP contribution in [0, 0.1) is 6.92 Å². The largest absolute Gasteiger partial charge is 0.339 e. The van der Waals surface area contributed by atoms with Gasteiger partial charge < -0.3 is 4.98 Å². The van der Waals surface area contributed by atoms with Crippen molar-refractivity contribution < 1.29 is 0 Å². The lowest BCUT2D eigenvalue weighted by Crippen LogP contribution is -2.08. The molecule has 0 spiro atoms. The number of fused-ring (bicyclic) bond motifs is 1. The highest BCUT2D eigenvalue weighted by molar-refractivity contribution is 5.74. The van der Waals surface area contributed by atoms with E-state index in [0.717, 1.165) is 22.6 Å². The molecule has 0 aromatic carbocycles. The van der Waals surface area contributed by atoms with E-state index in [2.05, 4.69) is 25.0 Å². The van der Waals surface area contributed by atoms with Gasteiger partial charge in [0.25, 0.3) is 0 Å². The van der Waals surface area contributed by atoms with Crippen LogP contribution in [0.3, 0.4) is 0 Å². The van der Waals surface area contributed by atoms with E-state index in [9.17, 15) is 0 Å². The van der Waals surface area contributed by atoms with Gasteiger partial charge in [0.2, 0.25) is 0 Å². The molecule has 17 heavy (non-hydrogen) atoms. The Morgan fingerprint density at radius 3 is 3.00 bits per heavy atom. The first-order valence-electron chi connectivity index (χ1n) is 5.41. The second-order valence-electron chi connectivity index (χ2n) is 4.00. The Morgan fingerprint density at radius 2 is 2.29 bits per heavy atom. The number of nitrogens with zero attached hydrogens (tertiary/aromatic N) is 5. The van der Waals surface area contributed by atoms with Crippen LogP contribution in [0.2, 0.25) is 0 Å². The van der Waals surface area contributed by atoms with Crippen molar-refractivity contribution in [2.75, 3.05) is 0 Å². The normalized spacial score (nSPS) is 13.1. The summed E-state index contributed by atoms with van der Waals surface area (Å²) in [4.78, 5) is 15.9. The molecule has 1 N–H and O–H groups in total. The van der Waals surface area contributed by atoms with Gasteiger partial charge in [-0.2, -0.15) is 5.10 Å². The first kappa shape index (κ1) is 9.95. The zero-order valence-electron chi connectivity index (χ0n) is 9.62. The molecule has 0 saturated carbocycles. The lowest BCUT2D eigenvalue weighted by Gasteiger charge is -2.06. The molecule has 0 aliphatic carbocycles. The van der Waals surface area contributed by atoms with Crippen molar-refractivity contribution in [2.45, 2.75) is 19.9 Å². The molecule has 0 saturated heterocycles. The molecule has 0 amide bonds. The van der Waals surface area contributed by atoms with Crippen LogP contribution in [0.4, 0.5) is 0 Å². The number of imidazole rings is 1. The Bertz CT molecular complexity index is 639. The van der Waals surface area contributed by atoms with Gasteiger partial charge in [0.05, 0.1) is 5.52 Å². The molecule has 6 heteroatoms. The van der Waals surface area contributed by atoms with Gasteiger partial charge in [-0.15, -0.1) is 0 Å². The average molecular weight is 228 g/mol. The fraction of sp³-hybridized carbons (Fsp3) is 0.273. The van der Waals surface area contributed by atoms with Crippen molar-refractivity contribution in [1.82, 2.24) is 29.7 Å². The highest BCUT2D eigenvalue weighted by Gasteiger charge is 2.14. The lowest BCUT2D eigenvalue weighted by molar-refractivity contribution is 0.540. The van der Waals surface area contributed by atoms with E-state index in [4.69, 9.17) is 0 Å². The van der Waals surface area contributed by atoms with Gasteiger partial charge in [-0.05, 0) is 25.5 Å². The van der Waals surface area contributed by atoms with Crippen LogP contribution in [0.1, 0.15) is 24.4 Å². The Labute approximate surface area is 97.7 Å². The summed E-state index contributed by atoms with van der Waals surface area (Å²) in [5.41, 5.74) is 2.86. The minimum Gasteiger partial charge on any atom is -0.339 e. The van der Waals surface area contributed by atoms with Gasteiger partial charge in [-0.3, -0.25) is 0 Å². The Balaban J connectivity index is 2.10. The summed E-state index contributed by atoms with van der Waals surface area (Å²) < 4.78 is 1.76.